The molecule has 2 aliphatic rings. The summed E-state index contributed by atoms with van der Waals surface area (Å²) in [6.45, 7) is 4.23. The molecule has 2 aromatic heterocycles. The Morgan fingerprint density at radius 3 is 2.76 bits per heavy atom. The topological polar surface area (TPSA) is 104 Å². The van der Waals surface area contributed by atoms with Crippen LogP contribution in [0.25, 0.3) is 11.2 Å². The van der Waals surface area contributed by atoms with Crippen LogP contribution >= 0.6 is 0 Å². The Labute approximate surface area is 216 Å². The number of anilines is 2. The van der Waals surface area contributed by atoms with Gasteiger partial charge in [-0.05, 0) is 81.1 Å². The minimum Gasteiger partial charge on any atom is -0.450 e. The first-order valence-electron chi connectivity index (χ1n) is 12.9. The van der Waals surface area contributed by atoms with Crippen molar-refractivity contribution in [3.63, 3.8) is 0 Å². The monoisotopic (exact) mass is 503 g/mol. The summed E-state index contributed by atoms with van der Waals surface area (Å²) >= 11 is 0. The number of amides is 2. The fourth-order valence-electron chi connectivity index (χ4n) is 4.84. The molecule has 4 heterocycles. The minimum absolute atomic E-state index is 0.00345. The zero-order valence-electron chi connectivity index (χ0n) is 21.3. The third-order valence-electron chi connectivity index (χ3n) is 6.90. The van der Waals surface area contributed by atoms with Crippen molar-refractivity contribution in [1.82, 2.24) is 29.7 Å². The molecule has 1 aromatic carbocycles. The number of benzene rings is 1. The van der Waals surface area contributed by atoms with E-state index in [1.54, 1.807) is 14.3 Å². The van der Waals surface area contributed by atoms with Gasteiger partial charge in [0.15, 0.2) is 5.65 Å². The molecular weight excluding hydrogens is 470 g/mol. The predicted molar refractivity (Wildman–Crippen MR) is 142 cm³/mol. The number of hydrogen-bond donors (Lipinski definition) is 2. The van der Waals surface area contributed by atoms with Crippen LogP contribution < -0.4 is 10.6 Å². The van der Waals surface area contributed by atoms with E-state index in [0.717, 1.165) is 48.3 Å². The molecule has 37 heavy (non-hydrogen) atoms. The van der Waals surface area contributed by atoms with Crippen LogP contribution in [-0.2, 0) is 4.74 Å². The number of aromatic nitrogens is 3. The number of nitrogens with one attached hydrogen (secondary N) is 2. The minimum atomic E-state index is -0.282. The van der Waals surface area contributed by atoms with Gasteiger partial charge in [0.2, 0.25) is 5.95 Å². The number of rotatable bonds is 6. The highest BCUT2D eigenvalue weighted by Gasteiger charge is 2.23. The molecule has 0 radical (unpaired) electrons. The number of piperidine rings is 1. The van der Waals surface area contributed by atoms with E-state index in [-0.39, 0.29) is 18.2 Å². The molecule has 1 fully saturated rings. The van der Waals surface area contributed by atoms with Crippen molar-refractivity contribution < 1.29 is 14.3 Å². The molecule has 2 amide bonds. The van der Waals surface area contributed by atoms with Gasteiger partial charge in [0, 0.05) is 43.1 Å². The van der Waals surface area contributed by atoms with Gasteiger partial charge in [-0.1, -0.05) is 6.08 Å². The van der Waals surface area contributed by atoms with E-state index >= 15 is 0 Å². The summed E-state index contributed by atoms with van der Waals surface area (Å²) in [6, 6.07) is 11.4. The maximum Gasteiger partial charge on any atom is 0.410 e. The van der Waals surface area contributed by atoms with Gasteiger partial charge >= 0.3 is 6.09 Å². The second kappa shape index (κ2) is 11.0. The SMILES string of the molecule is CCOC(=O)N1CC=C(c2cccn3nc(Nc4ccc(C(=O)N(C)C5CCCCN5)cc4)nc23)CC1. The van der Waals surface area contributed by atoms with Crippen molar-refractivity contribution in [2.24, 2.45) is 0 Å². The van der Waals surface area contributed by atoms with Crippen LogP contribution in [0.4, 0.5) is 16.4 Å². The van der Waals surface area contributed by atoms with Crippen molar-refractivity contribution in [2.75, 3.05) is 38.6 Å². The molecule has 10 heteroatoms. The van der Waals surface area contributed by atoms with Crippen molar-refractivity contribution in [2.45, 2.75) is 38.8 Å². The van der Waals surface area contributed by atoms with Gasteiger partial charge in [-0.3, -0.25) is 10.1 Å². The van der Waals surface area contributed by atoms with Crippen LogP contribution in [-0.4, -0.2) is 75.9 Å². The smallest absolute Gasteiger partial charge is 0.410 e. The summed E-state index contributed by atoms with van der Waals surface area (Å²) in [5.74, 6) is 0.475. The summed E-state index contributed by atoms with van der Waals surface area (Å²) in [7, 11) is 1.85. The van der Waals surface area contributed by atoms with Gasteiger partial charge in [-0.15, -0.1) is 5.10 Å². The molecule has 2 aliphatic heterocycles. The highest BCUT2D eigenvalue weighted by atomic mass is 16.6. The van der Waals surface area contributed by atoms with E-state index in [4.69, 9.17) is 9.72 Å². The molecule has 0 bridgehead atoms. The molecule has 194 valence electrons. The summed E-state index contributed by atoms with van der Waals surface area (Å²) in [5, 5.41) is 11.2. The Morgan fingerprint density at radius 1 is 1.22 bits per heavy atom. The van der Waals surface area contributed by atoms with Crippen LogP contribution in [0.5, 0.6) is 0 Å². The standard InChI is InChI=1S/C27H33N7O3/c1-3-37-27(36)33-17-13-19(14-18-33)22-7-6-16-34-24(22)30-26(31-34)29-21-11-9-20(10-12-21)25(35)32(2)23-8-4-5-15-28-23/h6-7,9-13,16,23,28H,3-5,8,14-15,17-18H2,1-2H3,(H,29,31). The Balaban J connectivity index is 1.28. The summed E-state index contributed by atoms with van der Waals surface area (Å²) in [6.07, 6.45) is 7.70. The van der Waals surface area contributed by atoms with Crippen molar-refractivity contribution >= 4 is 34.9 Å². The molecule has 1 saturated heterocycles. The summed E-state index contributed by atoms with van der Waals surface area (Å²) in [4.78, 5) is 33.1. The zero-order chi connectivity index (χ0) is 25.8. The first-order valence-corrected chi connectivity index (χ1v) is 12.9. The van der Waals surface area contributed by atoms with Crippen LogP contribution in [0.2, 0.25) is 0 Å². The van der Waals surface area contributed by atoms with E-state index < -0.39 is 0 Å². The van der Waals surface area contributed by atoms with Gasteiger partial charge < -0.3 is 19.9 Å². The number of ether oxygens (including phenoxy) is 1. The molecule has 10 nitrogen and oxygen atoms in total. The van der Waals surface area contributed by atoms with E-state index in [1.165, 1.54) is 0 Å². The van der Waals surface area contributed by atoms with Crippen LogP contribution in [0, 0.1) is 0 Å². The molecular formula is C27H33N7O3. The number of nitrogens with zero attached hydrogens (tertiary/aromatic N) is 5. The third kappa shape index (κ3) is 5.43. The number of carbonyl (C=O) groups is 2. The second-order valence-electron chi connectivity index (χ2n) is 9.33. The number of pyridine rings is 1. The first kappa shape index (κ1) is 24.8. The fraction of sp³-hybridized carbons (Fsp3) is 0.407. The number of carbonyl (C=O) groups excluding carboxylic acids is 2. The maximum absolute atomic E-state index is 12.9. The van der Waals surface area contributed by atoms with Crippen molar-refractivity contribution in [3.05, 3.63) is 59.8 Å². The Kier molecular flexibility index (Phi) is 7.36. The molecule has 1 atom stereocenters. The molecule has 2 N–H and O–H groups in total. The number of hydrogen-bond acceptors (Lipinski definition) is 7. The Hall–Kier alpha value is -3.92. The lowest BCUT2D eigenvalue weighted by Gasteiger charge is -2.32. The third-order valence-corrected chi connectivity index (χ3v) is 6.90. The summed E-state index contributed by atoms with van der Waals surface area (Å²) < 4.78 is 6.86. The zero-order valence-corrected chi connectivity index (χ0v) is 21.3. The average Bonchev–Trinajstić information content (AvgIpc) is 3.36. The molecule has 0 spiro atoms. The van der Waals surface area contributed by atoms with Gasteiger partial charge in [0.1, 0.15) is 0 Å². The fourth-order valence-corrected chi connectivity index (χ4v) is 4.84. The lowest BCUT2D eigenvalue weighted by molar-refractivity contribution is 0.0670. The lowest BCUT2D eigenvalue weighted by atomic mass is 10.0. The molecule has 3 aromatic rings. The van der Waals surface area contributed by atoms with E-state index in [0.29, 0.717) is 37.6 Å². The maximum atomic E-state index is 12.9. The van der Waals surface area contributed by atoms with Gasteiger partial charge in [0.25, 0.3) is 5.91 Å². The van der Waals surface area contributed by atoms with E-state index in [2.05, 4.69) is 15.7 Å². The summed E-state index contributed by atoms with van der Waals surface area (Å²) in [5.41, 5.74) is 4.31. The lowest BCUT2D eigenvalue weighted by Crippen LogP contribution is -2.48. The second-order valence-corrected chi connectivity index (χ2v) is 9.33. The van der Waals surface area contributed by atoms with Gasteiger partial charge in [0.05, 0.1) is 12.8 Å². The highest BCUT2D eigenvalue weighted by Crippen LogP contribution is 2.27. The van der Waals surface area contributed by atoms with Crippen LogP contribution in [0.15, 0.2) is 48.7 Å². The molecule has 5 rings (SSSR count). The molecule has 1 unspecified atom stereocenters. The van der Waals surface area contributed by atoms with Gasteiger partial charge in [-0.2, -0.15) is 4.98 Å². The van der Waals surface area contributed by atoms with E-state index in [9.17, 15) is 9.59 Å². The largest absolute Gasteiger partial charge is 0.450 e. The Bertz CT molecular complexity index is 1300. The normalized spacial score (nSPS) is 17.8. The van der Waals surface area contributed by atoms with Crippen molar-refractivity contribution in [3.8, 4) is 0 Å². The average molecular weight is 504 g/mol. The van der Waals surface area contributed by atoms with Crippen molar-refractivity contribution in [1.29, 1.82) is 0 Å². The Morgan fingerprint density at radius 2 is 2.05 bits per heavy atom. The van der Waals surface area contributed by atoms with Gasteiger partial charge in [-0.25, -0.2) is 9.31 Å². The van der Waals surface area contributed by atoms with Crippen LogP contribution in [0.1, 0.15) is 48.5 Å². The van der Waals surface area contributed by atoms with Crippen LogP contribution in [0.3, 0.4) is 0 Å². The first-order chi connectivity index (χ1) is 18.0. The molecule has 0 saturated carbocycles. The predicted octanol–water partition coefficient (Wildman–Crippen LogP) is 3.89. The van der Waals surface area contributed by atoms with E-state index in [1.807, 2.05) is 62.6 Å². The highest BCUT2D eigenvalue weighted by molar-refractivity contribution is 5.94. The number of fused-ring (bicyclic) bond motifs is 1. The quantitative estimate of drug-likeness (QED) is 0.526. The molecule has 0 aliphatic carbocycles.